The summed E-state index contributed by atoms with van der Waals surface area (Å²) in [6.45, 7) is 4.98. The minimum absolute atomic E-state index is 0.624. The number of rotatable bonds is 0. The quantitative estimate of drug-likeness (QED) is 0.514. The molecule has 2 aliphatic carbocycles. The highest BCUT2D eigenvalue weighted by molar-refractivity contribution is 5.20. The highest BCUT2D eigenvalue weighted by Gasteiger charge is 2.54. The van der Waals surface area contributed by atoms with Gasteiger partial charge in [0.2, 0.25) is 0 Å². The van der Waals surface area contributed by atoms with Crippen molar-refractivity contribution in [2.75, 3.05) is 13.1 Å². The normalized spacial score (nSPS) is 58.8. The van der Waals surface area contributed by atoms with Crippen LogP contribution in [0.1, 0.15) is 13.3 Å². The zero-order valence-electron chi connectivity index (χ0n) is 7.01. The molecule has 11 heavy (non-hydrogen) atoms. The third-order valence-electron chi connectivity index (χ3n) is 4.20. The summed E-state index contributed by atoms with van der Waals surface area (Å²) in [4.78, 5) is 0. The fourth-order valence-electron chi connectivity index (χ4n) is 3.42. The number of hydrogen-bond acceptors (Lipinski definition) is 1. The lowest BCUT2D eigenvalue weighted by Crippen LogP contribution is -2.30. The largest absolute Gasteiger partial charge is 0.316 e. The maximum absolute atomic E-state index is 3.53. The Hall–Kier alpha value is -0.300. The van der Waals surface area contributed by atoms with Crippen LogP contribution in [0, 0.1) is 23.2 Å². The van der Waals surface area contributed by atoms with E-state index in [4.69, 9.17) is 0 Å². The van der Waals surface area contributed by atoms with Gasteiger partial charge < -0.3 is 5.32 Å². The van der Waals surface area contributed by atoms with E-state index in [0.29, 0.717) is 5.41 Å². The zero-order chi connectivity index (χ0) is 7.47. The Balaban J connectivity index is 2.06. The predicted molar refractivity (Wildman–Crippen MR) is 45.2 cm³/mol. The fraction of sp³-hybridized carbons (Fsp3) is 0.800. The molecule has 0 aromatic carbocycles. The summed E-state index contributed by atoms with van der Waals surface area (Å²) >= 11 is 0. The molecule has 0 amide bonds. The van der Waals surface area contributed by atoms with Gasteiger partial charge in [-0.25, -0.2) is 0 Å². The molecular weight excluding hydrogens is 134 g/mol. The summed E-state index contributed by atoms with van der Waals surface area (Å²) in [5, 5.41) is 3.53. The van der Waals surface area contributed by atoms with Crippen molar-refractivity contribution in [2.45, 2.75) is 13.3 Å². The van der Waals surface area contributed by atoms with Crippen LogP contribution in [0.5, 0.6) is 0 Å². The van der Waals surface area contributed by atoms with E-state index < -0.39 is 0 Å². The molecule has 0 radical (unpaired) electrons. The van der Waals surface area contributed by atoms with E-state index in [1.165, 1.54) is 19.5 Å². The van der Waals surface area contributed by atoms with Crippen molar-refractivity contribution in [1.29, 1.82) is 0 Å². The average Bonchev–Trinajstić information content (AvgIpc) is 2.54. The van der Waals surface area contributed by atoms with Gasteiger partial charge >= 0.3 is 0 Å². The minimum atomic E-state index is 0.624. The van der Waals surface area contributed by atoms with E-state index in [1.54, 1.807) is 0 Å². The lowest BCUT2D eigenvalue weighted by atomic mass is 9.72. The molecule has 1 heteroatoms. The molecule has 60 valence electrons. The molecule has 3 aliphatic rings. The lowest BCUT2D eigenvalue weighted by molar-refractivity contribution is 0.232. The lowest BCUT2D eigenvalue weighted by Gasteiger charge is -2.31. The Bertz CT molecular complexity index is 221. The van der Waals surface area contributed by atoms with E-state index in [1.807, 2.05) is 0 Å². The van der Waals surface area contributed by atoms with Crippen molar-refractivity contribution in [2.24, 2.45) is 23.2 Å². The van der Waals surface area contributed by atoms with Gasteiger partial charge in [-0.2, -0.15) is 0 Å². The van der Waals surface area contributed by atoms with Crippen molar-refractivity contribution in [3.05, 3.63) is 12.2 Å². The fourth-order valence-corrected chi connectivity index (χ4v) is 3.42. The number of allylic oxidation sites excluding steroid dienone is 2. The summed E-state index contributed by atoms with van der Waals surface area (Å²) in [5.74, 6) is 2.77. The van der Waals surface area contributed by atoms with Gasteiger partial charge in [-0.15, -0.1) is 0 Å². The summed E-state index contributed by atoms with van der Waals surface area (Å²) < 4.78 is 0. The maximum Gasteiger partial charge on any atom is 0.00143 e. The molecular formula is C10H15N. The first kappa shape index (κ1) is 6.24. The molecule has 4 atom stereocenters. The second-order valence-corrected chi connectivity index (χ2v) is 4.63. The molecule has 0 unspecified atom stereocenters. The monoisotopic (exact) mass is 149 g/mol. The molecule has 1 heterocycles. The summed E-state index contributed by atoms with van der Waals surface area (Å²) in [6.07, 6.45) is 6.35. The van der Waals surface area contributed by atoms with Crippen LogP contribution in [0.2, 0.25) is 0 Å². The van der Waals surface area contributed by atoms with Gasteiger partial charge in [-0.1, -0.05) is 19.1 Å². The van der Waals surface area contributed by atoms with Gasteiger partial charge in [-0.3, -0.25) is 0 Å². The number of nitrogens with one attached hydrogen (secondary N) is 1. The van der Waals surface area contributed by atoms with E-state index >= 15 is 0 Å². The van der Waals surface area contributed by atoms with E-state index in [9.17, 15) is 0 Å². The summed E-state index contributed by atoms with van der Waals surface area (Å²) in [5.41, 5.74) is 0.624. The second kappa shape index (κ2) is 1.71. The molecule has 3 rings (SSSR count). The van der Waals surface area contributed by atoms with Crippen LogP contribution < -0.4 is 5.32 Å². The van der Waals surface area contributed by atoms with Crippen LogP contribution in [0.25, 0.3) is 0 Å². The average molecular weight is 149 g/mol. The molecule has 0 aromatic heterocycles. The Kier molecular flexibility index (Phi) is 0.972. The molecule has 1 nitrogen and oxygen atoms in total. The van der Waals surface area contributed by atoms with Gasteiger partial charge in [-0.05, 0) is 36.1 Å². The van der Waals surface area contributed by atoms with E-state index in [-0.39, 0.29) is 0 Å². The van der Waals surface area contributed by atoms with Crippen LogP contribution in [-0.2, 0) is 0 Å². The standard InChI is InChI=1S/C10H15N/c1-10-6-11-5-9(10)7-2-3-8(10)4-7/h2-3,7-9,11H,4-6H2,1H3/t7-,8+,9+,10+/m1/s1. The molecule has 1 saturated heterocycles. The van der Waals surface area contributed by atoms with Crippen molar-refractivity contribution < 1.29 is 0 Å². The van der Waals surface area contributed by atoms with Crippen LogP contribution in [-0.4, -0.2) is 13.1 Å². The highest BCUT2D eigenvalue weighted by atomic mass is 15.0. The molecule has 1 N–H and O–H groups in total. The number of fused-ring (bicyclic) bond motifs is 5. The van der Waals surface area contributed by atoms with Crippen LogP contribution in [0.4, 0.5) is 0 Å². The topological polar surface area (TPSA) is 12.0 Å². The Morgan fingerprint density at radius 2 is 2.36 bits per heavy atom. The summed E-state index contributed by atoms with van der Waals surface area (Å²) in [7, 11) is 0. The molecule has 0 aromatic rings. The zero-order valence-corrected chi connectivity index (χ0v) is 7.01. The van der Waals surface area contributed by atoms with E-state index in [0.717, 1.165) is 17.8 Å². The first-order chi connectivity index (χ1) is 5.31. The SMILES string of the molecule is C[C@@]12CNC[C@H]1[C@@H]1C=C[C@H]2C1. The van der Waals surface area contributed by atoms with E-state index in [2.05, 4.69) is 24.4 Å². The van der Waals surface area contributed by atoms with Crippen molar-refractivity contribution in [3.8, 4) is 0 Å². The smallest absolute Gasteiger partial charge is 0.00143 e. The van der Waals surface area contributed by atoms with Crippen molar-refractivity contribution in [1.82, 2.24) is 5.32 Å². The van der Waals surface area contributed by atoms with Gasteiger partial charge in [0.15, 0.2) is 0 Å². The molecule has 1 saturated carbocycles. The Morgan fingerprint density at radius 3 is 3.18 bits per heavy atom. The number of hydrogen-bond donors (Lipinski definition) is 1. The van der Waals surface area contributed by atoms with Crippen molar-refractivity contribution in [3.63, 3.8) is 0 Å². The van der Waals surface area contributed by atoms with Gasteiger partial charge in [0.1, 0.15) is 0 Å². The molecule has 1 aliphatic heterocycles. The van der Waals surface area contributed by atoms with Gasteiger partial charge in [0, 0.05) is 6.54 Å². The van der Waals surface area contributed by atoms with Crippen molar-refractivity contribution >= 4 is 0 Å². The Morgan fingerprint density at radius 1 is 1.45 bits per heavy atom. The predicted octanol–water partition coefficient (Wildman–Crippen LogP) is 1.42. The third kappa shape index (κ3) is 0.572. The van der Waals surface area contributed by atoms with Gasteiger partial charge in [0.05, 0.1) is 0 Å². The highest BCUT2D eigenvalue weighted by Crippen LogP contribution is 2.57. The molecule has 2 bridgehead atoms. The van der Waals surface area contributed by atoms with Crippen LogP contribution in [0.3, 0.4) is 0 Å². The third-order valence-corrected chi connectivity index (χ3v) is 4.20. The van der Waals surface area contributed by atoms with Crippen LogP contribution >= 0.6 is 0 Å². The first-order valence-electron chi connectivity index (χ1n) is 4.70. The van der Waals surface area contributed by atoms with Crippen LogP contribution in [0.15, 0.2) is 12.2 Å². The van der Waals surface area contributed by atoms with Gasteiger partial charge in [0.25, 0.3) is 0 Å². The summed E-state index contributed by atoms with van der Waals surface area (Å²) in [6, 6.07) is 0. The minimum Gasteiger partial charge on any atom is -0.316 e. The molecule has 0 spiro atoms. The Labute approximate surface area is 67.9 Å². The first-order valence-corrected chi connectivity index (χ1v) is 4.70. The molecule has 2 fully saturated rings. The maximum atomic E-state index is 3.53. The second-order valence-electron chi connectivity index (χ2n) is 4.63.